The van der Waals surface area contributed by atoms with Gasteiger partial charge < -0.3 is 14.6 Å². The maximum atomic E-state index is 10.7. The number of aliphatic hydroxyl groups is 1. The first-order chi connectivity index (χ1) is 8.24. The molecule has 1 saturated heterocycles. The highest BCUT2D eigenvalue weighted by molar-refractivity contribution is 5.32. The second-order valence-electron chi connectivity index (χ2n) is 4.46. The Hall–Kier alpha value is -1.06. The van der Waals surface area contributed by atoms with Crippen molar-refractivity contribution in [3.8, 4) is 5.75 Å². The zero-order chi connectivity index (χ0) is 12.1. The molecule has 1 aliphatic rings. The van der Waals surface area contributed by atoms with Crippen molar-refractivity contribution < 1.29 is 14.6 Å². The number of benzene rings is 1. The Balaban J connectivity index is 2.21. The molecule has 0 spiro atoms. The van der Waals surface area contributed by atoms with Gasteiger partial charge in [0, 0.05) is 19.6 Å². The van der Waals surface area contributed by atoms with E-state index in [1.807, 2.05) is 31.2 Å². The first kappa shape index (κ1) is 12.4. The van der Waals surface area contributed by atoms with Gasteiger partial charge in [-0.1, -0.05) is 12.1 Å². The van der Waals surface area contributed by atoms with Crippen LogP contribution in [0.2, 0.25) is 0 Å². The van der Waals surface area contributed by atoms with Gasteiger partial charge in [0.05, 0.1) is 12.2 Å². The second kappa shape index (κ2) is 5.52. The van der Waals surface area contributed by atoms with Crippen molar-refractivity contribution in [1.29, 1.82) is 0 Å². The van der Waals surface area contributed by atoms with Gasteiger partial charge in [-0.25, -0.2) is 0 Å². The van der Waals surface area contributed by atoms with Crippen LogP contribution in [0.25, 0.3) is 0 Å². The molecule has 1 aromatic carbocycles. The highest BCUT2D eigenvalue weighted by Gasteiger charge is 2.30. The summed E-state index contributed by atoms with van der Waals surface area (Å²) in [6.45, 7) is 3.97. The van der Waals surface area contributed by atoms with E-state index in [9.17, 15) is 5.11 Å². The van der Waals surface area contributed by atoms with Crippen molar-refractivity contribution in [1.82, 2.24) is 0 Å². The fraction of sp³-hybridized carbons (Fsp3) is 0.571. The van der Waals surface area contributed by atoms with Crippen molar-refractivity contribution in [2.45, 2.75) is 31.8 Å². The predicted molar refractivity (Wildman–Crippen MR) is 66.2 cm³/mol. The molecule has 0 radical (unpaired) electrons. The van der Waals surface area contributed by atoms with Crippen LogP contribution in [-0.2, 0) is 10.3 Å². The van der Waals surface area contributed by atoms with Crippen LogP contribution < -0.4 is 4.74 Å². The van der Waals surface area contributed by atoms with Crippen LogP contribution in [0, 0.1) is 0 Å². The van der Waals surface area contributed by atoms with E-state index in [-0.39, 0.29) is 0 Å². The molecule has 0 aliphatic carbocycles. The van der Waals surface area contributed by atoms with Crippen molar-refractivity contribution >= 4 is 0 Å². The normalized spacial score (nSPS) is 25.3. The molecule has 0 amide bonds. The standard InChI is InChI=1S/C14H20O3/c1-2-17-13-6-3-5-12(11-13)14(15)7-4-9-16-10-8-14/h3,5-6,11,15H,2,4,7-10H2,1H3. The van der Waals surface area contributed by atoms with Crippen molar-refractivity contribution in [2.75, 3.05) is 19.8 Å². The van der Waals surface area contributed by atoms with Gasteiger partial charge in [0.25, 0.3) is 0 Å². The molecule has 0 saturated carbocycles. The summed E-state index contributed by atoms with van der Waals surface area (Å²) < 4.78 is 10.9. The number of hydrogen-bond donors (Lipinski definition) is 1. The minimum atomic E-state index is -0.760. The molecule has 3 heteroatoms. The monoisotopic (exact) mass is 236 g/mol. The van der Waals surface area contributed by atoms with Gasteiger partial charge in [-0.05, 0) is 37.5 Å². The van der Waals surface area contributed by atoms with Crippen LogP contribution in [0.3, 0.4) is 0 Å². The molecule has 1 fully saturated rings. The van der Waals surface area contributed by atoms with Gasteiger partial charge in [0.15, 0.2) is 0 Å². The zero-order valence-electron chi connectivity index (χ0n) is 10.3. The Morgan fingerprint density at radius 2 is 2.24 bits per heavy atom. The zero-order valence-corrected chi connectivity index (χ0v) is 10.3. The highest BCUT2D eigenvalue weighted by atomic mass is 16.5. The molecule has 1 aromatic rings. The van der Waals surface area contributed by atoms with E-state index >= 15 is 0 Å². The summed E-state index contributed by atoms with van der Waals surface area (Å²) in [4.78, 5) is 0. The molecule has 0 aromatic heterocycles. The van der Waals surface area contributed by atoms with E-state index in [0.29, 0.717) is 19.6 Å². The first-order valence-corrected chi connectivity index (χ1v) is 6.28. The molecule has 1 N–H and O–H groups in total. The largest absolute Gasteiger partial charge is 0.494 e. The van der Waals surface area contributed by atoms with E-state index < -0.39 is 5.60 Å². The van der Waals surface area contributed by atoms with Crippen LogP contribution in [-0.4, -0.2) is 24.9 Å². The van der Waals surface area contributed by atoms with Gasteiger partial charge >= 0.3 is 0 Å². The fourth-order valence-electron chi connectivity index (χ4n) is 2.27. The van der Waals surface area contributed by atoms with E-state index in [4.69, 9.17) is 9.47 Å². The number of hydrogen-bond acceptors (Lipinski definition) is 3. The highest BCUT2D eigenvalue weighted by Crippen LogP contribution is 2.33. The van der Waals surface area contributed by atoms with Crippen LogP contribution in [0.1, 0.15) is 31.7 Å². The van der Waals surface area contributed by atoms with Crippen LogP contribution in [0.4, 0.5) is 0 Å². The van der Waals surface area contributed by atoms with E-state index in [2.05, 4.69) is 0 Å². The van der Waals surface area contributed by atoms with E-state index in [1.54, 1.807) is 0 Å². The molecule has 17 heavy (non-hydrogen) atoms. The minimum absolute atomic E-state index is 0.620. The van der Waals surface area contributed by atoms with E-state index in [0.717, 1.165) is 30.8 Å². The van der Waals surface area contributed by atoms with Crippen LogP contribution in [0.5, 0.6) is 5.75 Å². The topological polar surface area (TPSA) is 38.7 Å². The summed E-state index contributed by atoms with van der Waals surface area (Å²) >= 11 is 0. The molecule has 1 atom stereocenters. The summed E-state index contributed by atoms with van der Waals surface area (Å²) in [5, 5.41) is 10.7. The third-order valence-corrected chi connectivity index (χ3v) is 3.22. The SMILES string of the molecule is CCOc1cccc(C2(O)CCCOCC2)c1. The van der Waals surface area contributed by atoms with Gasteiger partial charge in [-0.3, -0.25) is 0 Å². The second-order valence-corrected chi connectivity index (χ2v) is 4.46. The molecule has 3 nitrogen and oxygen atoms in total. The van der Waals surface area contributed by atoms with Crippen molar-refractivity contribution in [3.05, 3.63) is 29.8 Å². The summed E-state index contributed by atoms with van der Waals surface area (Å²) in [7, 11) is 0. The molecular weight excluding hydrogens is 216 g/mol. The smallest absolute Gasteiger partial charge is 0.119 e. The Morgan fingerprint density at radius 1 is 1.35 bits per heavy atom. The maximum Gasteiger partial charge on any atom is 0.119 e. The Labute approximate surface area is 102 Å². The third kappa shape index (κ3) is 2.99. The Morgan fingerprint density at radius 3 is 3.06 bits per heavy atom. The third-order valence-electron chi connectivity index (χ3n) is 3.22. The average Bonchev–Trinajstić information content (AvgIpc) is 2.56. The summed E-state index contributed by atoms with van der Waals surface area (Å²) in [6, 6.07) is 7.76. The van der Waals surface area contributed by atoms with Crippen molar-refractivity contribution in [3.63, 3.8) is 0 Å². The van der Waals surface area contributed by atoms with Crippen LogP contribution in [0.15, 0.2) is 24.3 Å². The summed E-state index contributed by atoms with van der Waals surface area (Å²) in [5.41, 5.74) is 0.179. The van der Waals surface area contributed by atoms with Gasteiger partial charge in [0.1, 0.15) is 5.75 Å². The average molecular weight is 236 g/mol. The molecule has 1 aliphatic heterocycles. The minimum Gasteiger partial charge on any atom is -0.494 e. The lowest BCUT2D eigenvalue weighted by Crippen LogP contribution is -2.25. The molecular formula is C14H20O3. The molecule has 2 rings (SSSR count). The Bertz CT molecular complexity index is 354. The van der Waals surface area contributed by atoms with E-state index in [1.165, 1.54) is 0 Å². The van der Waals surface area contributed by atoms with Gasteiger partial charge in [-0.15, -0.1) is 0 Å². The number of ether oxygens (including phenoxy) is 2. The fourth-order valence-corrected chi connectivity index (χ4v) is 2.27. The first-order valence-electron chi connectivity index (χ1n) is 6.28. The lowest BCUT2D eigenvalue weighted by molar-refractivity contribution is 0.0142. The summed E-state index contributed by atoms with van der Waals surface area (Å²) in [6.07, 6.45) is 2.31. The molecule has 1 unspecified atom stereocenters. The number of rotatable bonds is 3. The predicted octanol–water partition coefficient (Wildman–Crippen LogP) is 2.47. The lowest BCUT2D eigenvalue weighted by atomic mass is 9.87. The quantitative estimate of drug-likeness (QED) is 0.876. The van der Waals surface area contributed by atoms with Gasteiger partial charge in [0.2, 0.25) is 0 Å². The Kier molecular flexibility index (Phi) is 4.02. The summed E-state index contributed by atoms with van der Waals surface area (Å²) in [5.74, 6) is 0.823. The van der Waals surface area contributed by atoms with Gasteiger partial charge in [-0.2, -0.15) is 0 Å². The van der Waals surface area contributed by atoms with Crippen molar-refractivity contribution in [2.24, 2.45) is 0 Å². The lowest BCUT2D eigenvalue weighted by Gasteiger charge is -2.26. The molecule has 94 valence electrons. The van der Waals surface area contributed by atoms with Crippen LogP contribution >= 0.6 is 0 Å². The maximum absolute atomic E-state index is 10.7. The molecule has 0 bridgehead atoms. The molecule has 1 heterocycles.